The van der Waals surface area contributed by atoms with E-state index in [1.165, 1.54) is 0 Å². The molecule has 0 spiro atoms. The largest absolute Gasteiger partial charge is 0.325 e. The van der Waals surface area contributed by atoms with Gasteiger partial charge < -0.3 is 10.3 Å². The Morgan fingerprint density at radius 2 is 2.11 bits per heavy atom. The lowest BCUT2D eigenvalue weighted by Gasteiger charge is -2.23. The van der Waals surface area contributed by atoms with Crippen LogP contribution in [0.5, 0.6) is 0 Å². The van der Waals surface area contributed by atoms with E-state index in [1.807, 2.05) is 4.98 Å². The molecule has 0 aromatic carbocycles. The molecule has 100 valence electrons. The van der Waals surface area contributed by atoms with Gasteiger partial charge in [0, 0.05) is 18.8 Å². The molecular weight excluding hydrogens is 260 g/mol. The van der Waals surface area contributed by atoms with Gasteiger partial charge in [-0.05, 0) is 19.4 Å². The van der Waals surface area contributed by atoms with E-state index in [4.69, 9.17) is 0 Å². The molecular formula is C9H14N4O4S. The molecule has 9 heteroatoms. The molecule has 18 heavy (non-hydrogen) atoms. The number of hydrogen-bond acceptors (Lipinski definition) is 5. The maximum atomic E-state index is 12.0. The minimum atomic E-state index is -3.91. The Kier molecular flexibility index (Phi) is 3.64. The number of rotatable bonds is 3. The molecule has 2 rings (SSSR count). The maximum absolute atomic E-state index is 12.0. The van der Waals surface area contributed by atoms with Crippen LogP contribution in [0.1, 0.15) is 12.8 Å². The topological polar surface area (TPSA) is 124 Å². The Morgan fingerprint density at radius 3 is 2.72 bits per heavy atom. The van der Waals surface area contributed by atoms with Gasteiger partial charge in [0.1, 0.15) is 0 Å². The lowest BCUT2D eigenvalue weighted by molar-refractivity contribution is 0.428. The van der Waals surface area contributed by atoms with Crippen molar-refractivity contribution in [2.24, 2.45) is 0 Å². The zero-order valence-corrected chi connectivity index (χ0v) is 10.3. The first-order valence-corrected chi connectivity index (χ1v) is 7.02. The average molecular weight is 274 g/mol. The van der Waals surface area contributed by atoms with Gasteiger partial charge in [-0.1, -0.05) is 0 Å². The van der Waals surface area contributed by atoms with E-state index in [0.717, 1.165) is 19.2 Å². The highest BCUT2D eigenvalue weighted by Gasteiger charge is 2.24. The van der Waals surface area contributed by atoms with Crippen molar-refractivity contribution in [3.63, 3.8) is 0 Å². The molecule has 0 bridgehead atoms. The molecule has 8 nitrogen and oxygen atoms in total. The summed E-state index contributed by atoms with van der Waals surface area (Å²) in [5.41, 5.74) is -1.66. The van der Waals surface area contributed by atoms with Crippen molar-refractivity contribution >= 4 is 10.0 Å². The third-order valence-electron chi connectivity index (χ3n) is 2.69. The van der Waals surface area contributed by atoms with Crippen LogP contribution < -0.4 is 21.3 Å². The first-order valence-electron chi connectivity index (χ1n) is 5.54. The predicted molar refractivity (Wildman–Crippen MR) is 63.9 cm³/mol. The molecule has 1 aliphatic heterocycles. The second-order valence-electron chi connectivity index (χ2n) is 4.10. The predicted octanol–water partition coefficient (Wildman–Crippen LogP) is -1.91. The van der Waals surface area contributed by atoms with Gasteiger partial charge in [0.25, 0.3) is 5.56 Å². The van der Waals surface area contributed by atoms with Crippen LogP contribution in [0, 0.1) is 0 Å². The second kappa shape index (κ2) is 5.04. The van der Waals surface area contributed by atoms with E-state index in [2.05, 4.69) is 15.0 Å². The molecule has 1 aromatic heterocycles. The molecule has 1 aromatic rings. The Bertz CT molecular complexity index is 626. The molecule has 0 saturated carbocycles. The molecule has 0 aliphatic carbocycles. The summed E-state index contributed by atoms with van der Waals surface area (Å²) < 4.78 is 26.3. The van der Waals surface area contributed by atoms with E-state index in [1.54, 1.807) is 0 Å². The summed E-state index contributed by atoms with van der Waals surface area (Å²) in [6, 6.07) is -0.241. The van der Waals surface area contributed by atoms with Crippen molar-refractivity contribution in [3.8, 4) is 0 Å². The first kappa shape index (κ1) is 13.0. The van der Waals surface area contributed by atoms with Crippen molar-refractivity contribution in [2.75, 3.05) is 13.1 Å². The Hall–Kier alpha value is -1.45. The second-order valence-corrected chi connectivity index (χ2v) is 5.78. The lowest BCUT2D eigenvalue weighted by atomic mass is 10.1. The third kappa shape index (κ3) is 2.86. The van der Waals surface area contributed by atoms with Crippen molar-refractivity contribution in [1.29, 1.82) is 0 Å². The molecule has 0 radical (unpaired) electrons. The van der Waals surface area contributed by atoms with Crippen LogP contribution in [0.3, 0.4) is 0 Å². The Labute approximate surface area is 103 Å². The fraction of sp³-hybridized carbons (Fsp3) is 0.556. The maximum Gasteiger partial charge on any atom is 0.325 e. The summed E-state index contributed by atoms with van der Waals surface area (Å²) in [6.07, 6.45) is 2.49. The van der Waals surface area contributed by atoms with E-state index >= 15 is 0 Å². The summed E-state index contributed by atoms with van der Waals surface area (Å²) >= 11 is 0. The normalized spacial score (nSPS) is 20.8. The minimum Gasteiger partial charge on any atom is -0.315 e. The highest BCUT2D eigenvalue weighted by molar-refractivity contribution is 7.89. The highest BCUT2D eigenvalue weighted by atomic mass is 32.2. The zero-order valence-electron chi connectivity index (χ0n) is 9.52. The van der Waals surface area contributed by atoms with E-state index in [-0.39, 0.29) is 6.04 Å². The van der Waals surface area contributed by atoms with Crippen LogP contribution in [-0.2, 0) is 10.0 Å². The van der Waals surface area contributed by atoms with Crippen LogP contribution in [0.4, 0.5) is 0 Å². The number of piperidine rings is 1. The first-order chi connectivity index (χ1) is 8.49. The summed E-state index contributed by atoms with van der Waals surface area (Å²) in [7, 11) is -3.91. The molecule has 1 saturated heterocycles. The van der Waals surface area contributed by atoms with Crippen LogP contribution in [0.2, 0.25) is 0 Å². The Balaban J connectivity index is 2.24. The standard InChI is InChI=1S/C9H14N4O4S/c14-8-7(5-11-9(15)12-8)18(16,17)13-6-2-1-3-10-4-6/h5-6,10,13H,1-4H2,(H2,11,12,14,15)/t6-/m0/s1. The van der Waals surface area contributed by atoms with Gasteiger partial charge in [0.15, 0.2) is 4.90 Å². The number of aromatic amines is 2. The summed E-state index contributed by atoms with van der Waals surface area (Å²) in [4.78, 5) is 25.8. The molecule has 0 unspecified atom stereocenters. The van der Waals surface area contributed by atoms with Gasteiger partial charge in [-0.2, -0.15) is 0 Å². The number of sulfonamides is 1. The van der Waals surface area contributed by atoms with Gasteiger partial charge in [0.05, 0.1) is 0 Å². The van der Waals surface area contributed by atoms with Crippen LogP contribution in [0.25, 0.3) is 0 Å². The molecule has 1 atom stereocenters. The zero-order chi connectivity index (χ0) is 13.2. The SMILES string of the molecule is O=c1[nH]cc(S(=O)(=O)N[C@H]2CCCNC2)c(=O)[nH]1. The molecule has 1 fully saturated rings. The Morgan fingerprint density at radius 1 is 1.33 bits per heavy atom. The summed E-state index contributed by atoms with van der Waals surface area (Å²) in [6.45, 7) is 1.39. The van der Waals surface area contributed by atoms with E-state index < -0.39 is 26.2 Å². The van der Waals surface area contributed by atoms with Crippen molar-refractivity contribution in [3.05, 3.63) is 27.0 Å². The van der Waals surface area contributed by atoms with Crippen LogP contribution in [-0.4, -0.2) is 37.5 Å². The smallest absolute Gasteiger partial charge is 0.315 e. The molecule has 0 amide bonds. The van der Waals surface area contributed by atoms with Gasteiger partial charge in [-0.15, -0.1) is 0 Å². The molecule has 1 aliphatic rings. The lowest BCUT2D eigenvalue weighted by Crippen LogP contribution is -2.46. The quantitative estimate of drug-likeness (QED) is 0.512. The van der Waals surface area contributed by atoms with Crippen LogP contribution >= 0.6 is 0 Å². The van der Waals surface area contributed by atoms with Gasteiger partial charge in [-0.3, -0.25) is 9.78 Å². The van der Waals surface area contributed by atoms with Gasteiger partial charge >= 0.3 is 5.69 Å². The van der Waals surface area contributed by atoms with E-state index in [0.29, 0.717) is 13.0 Å². The molecule has 2 heterocycles. The van der Waals surface area contributed by atoms with E-state index in [9.17, 15) is 18.0 Å². The summed E-state index contributed by atoms with van der Waals surface area (Å²) in [5.74, 6) is 0. The fourth-order valence-corrected chi connectivity index (χ4v) is 3.11. The van der Waals surface area contributed by atoms with Gasteiger partial charge in [0.2, 0.25) is 10.0 Å². The number of hydrogen-bond donors (Lipinski definition) is 4. The van der Waals surface area contributed by atoms with Gasteiger partial charge in [-0.25, -0.2) is 17.9 Å². The third-order valence-corrected chi connectivity index (χ3v) is 4.22. The average Bonchev–Trinajstić information content (AvgIpc) is 2.29. The monoisotopic (exact) mass is 274 g/mol. The molecule has 4 N–H and O–H groups in total. The summed E-state index contributed by atoms with van der Waals surface area (Å²) in [5, 5.41) is 3.06. The number of H-pyrrole nitrogens is 2. The number of aromatic nitrogens is 2. The van der Waals surface area contributed by atoms with Crippen molar-refractivity contribution in [2.45, 2.75) is 23.8 Å². The van der Waals surface area contributed by atoms with Crippen molar-refractivity contribution in [1.82, 2.24) is 20.0 Å². The highest BCUT2D eigenvalue weighted by Crippen LogP contribution is 2.06. The minimum absolute atomic E-state index is 0.241. The van der Waals surface area contributed by atoms with Crippen LogP contribution in [0.15, 0.2) is 20.7 Å². The van der Waals surface area contributed by atoms with Crippen molar-refractivity contribution < 1.29 is 8.42 Å². The fourth-order valence-electron chi connectivity index (χ4n) is 1.83. The number of nitrogens with one attached hydrogen (secondary N) is 4.